The van der Waals surface area contributed by atoms with Gasteiger partial charge in [-0.2, -0.15) is 5.10 Å². The van der Waals surface area contributed by atoms with E-state index < -0.39 is 18.0 Å². The summed E-state index contributed by atoms with van der Waals surface area (Å²) in [5.41, 5.74) is 1.34. The lowest BCUT2D eigenvalue weighted by Crippen LogP contribution is -2.36. The molecule has 2 aromatic carbocycles. The normalized spacial score (nSPS) is 12.8. The second-order valence-electron chi connectivity index (χ2n) is 7.92. The molecule has 1 fully saturated rings. The van der Waals surface area contributed by atoms with E-state index in [0.717, 1.165) is 24.2 Å². The Balaban J connectivity index is 1.45. The number of hydrogen-bond acceptors (Lipinski definition) is 6. The van der Waals surface area contributed by atoms with E-state index in [-0.39, 0.29) is 17.6 Å². The summed E-state index contributed by atoms with van der Waals surface area (Å²) in [4.78, 5) is 39.5. The van der Waals surface area contributed by atoms with Crippen LogP contribution in [0.25, 0.3) is 5.69 Å². The van der Waals surface area contributed by atoms with Crippen LogP contribution in [0.15, 0.2) is 65.5 Å². The molecule has 0 unspecified atom stereocenters. The summed E-state index contributed by atoms with van der Waals surface area (Å²) in [5.74, 6) is -0.487. The third-order valence-electron chi connectivity index (χ3n) is 5.45. The summed E-state index contributed by atoms with van der Waals surface area (Å²) >= 11 is 0. The van der Waals surface area contributed by atoms with E-state index in [1.807, 2.05) is 54.6 Å². The van der Waals surface area contributed by atoms with Gasteiger partial charge < -0.3 is 14.4 Å². The number of hydrogen-bond donors (Lipinski definition) is 0. The molecule has 1 aliphatic rings. The van der Waals surface area contributed by atoms with Crippen LogP contribution in [0, 0.1) is 6.92 Å². The minimum absolute atomic E-state index is 0.131. The maximum absolute atomic E-state index is 12.8. The van der Waals surface area contributed by atoms with Gasteiger partial charge in [0.15, 0.2) is 6.61 Å². The monoisotopic (exact) mass is 447 g/mol. The van der Waals surface area contributed by atoms with Gasteiger partial charge >= 0.3 is 5.97 Å². The Morgan fingerprint density at radius 2 is 1.79 bits per heavy atom. The highest BCUT2D eigenvalue weighted by atomic mass is 16.5. The fraction of sp³-hybridized carbons (Fsp3) is 0.280. The standard InChI is InChI=1S/C25H25N3O5/c1-17-14-22(29)24(26-28(17)20-6-4-3-5-7-20)25(31)33-16-23(30)27(19-10-11-19)15-18-8-12-21(32-2)13-9-18/h3-9,12-14,19H,10-11,15-16H2,1-2H3. The Bertz CT molecular complexity index is 1200. The van der Waals surface area contributed by atoms with Gasteiger partial charge in [0.1, 0.15) is 5.75 Å². The summed E-state index contributed by atoms with van der Waals surface area (Å²) in [7, 11) is 1.60. The van der Waals surface area contributed by atoms with Gasteiger partial charge in [-0.25, -0.2) is 9.48 Å². The number of aromatic nitrogens is 2. The summed E-state index contributed by atoms with van der Waals surface area (Å²) in [6.07, 6.45) is 1.83. The molecule has 0 spiro atoms. The number of nitrogens with zero attached hydrogens (tertiary/aromatic N) is 3. The van der Waals surface area contributed by atoms with Crippen molar-refractivity contribution in [3.05, 3.63) is 87.8 Å². The SMILES string of the molecule is COc1ccc(CN(C(=O)COC(=O)c2nn(-c3ccccc3)c(C)cc2=O)C2CC2)cc1. The zero-order valence-corrected chi connectivity index (χ0v) is 18.6. The summed E-state index contributed by atoms with van der Waals surface area (Å²) < 4.78 is 11.9. The number of carbonyl (C=O) groups is 2. The van der Waals surface area contributed by atoms with Crippen LogP contribution in [0.5, 0.6) is 5.75 Å². The maximum Gasteiger partial charge on any atom is 0.363 e. The Morgan fingerprint density at radius 1 is 1.09 bits per heavy atom. The zero-order chi connectivity index (χ0) is 23.4. The second kappa shape index (κ2) is 9.68. The van der Waals surface area contributed by atoms with Crippen molar-refractivity contribution in [3.8, 4) is 11.4 Å². The Kier molecular flexibility index (Phi) is 6.53. The fourth-order valence-corrected chi connectivity index (χ4v) is 3.53. The highest BCUT2D eigenvalue weighted by Gasteiger charge is 2.33. The zero-order valence-electron chi connectivity index (χ0n) is 18.6. The van der Waals surface area contributed by atoms with Crippen molar-refractivity contribution >= 4 is 11.9 Å². The van der Waals surface area contributed by atoms with E-state index in [2.05, 4.69) is 5.10 Å². The number of amides is 1. The number of esters is 1. The van der Waals surface area contributed by atoms with Gasteiger partial charge in [0.25, 0.3) is 5.91 Å². The van der Waals surface area contributed by atoms with Crippen molar-refractivity contribution < 1.29 is 19.1 Å². The predicted molar refractivity (Wildman–Crippen MR) is 121 cm³/mol. The molecule has 8 heteroatoms. The van der Waals surface area contributed by atoms with Crippen molar-refractivity contribution in [2.45, 2.75) is 32.4 Å². The van der Waals surface area contributed by atoms with E-state index in [0.29, 0.717) is 17.9 Å². The molecular weight excluding hydrogens is 422 g/mol. The first-order valence-corrected chi connectivity index (χ1v) is 10.7. The smallest absolute Gasteiger partial charge is 0.363 e. The lowest BCUT2D eigenvalue weighted by molar-refractivity contribution is -0.135. The molecule has 0 atom stereocenters. The first kappa shape index (κ1) is 22.3. The lowest BCUT2D eigenvalue weighted by atomic mass is 10.2. The van der Waals surface area contributed by atoms with Crippen LogP contribution < -0.4 is 10.2 Å². The van der Waals surface area contributed by atoms with Crippen LogP contribution in [0.2, 0.25) is 0 Å². The Hall–Kier alpha value is -3.94. The molecule has 1 aromatic heterocycles. The van der Waals surface area contributed by atoms with Crippen molar-refractivity contribution in [1.82, 2.24) is 14.7 Å². The quantitative estimate of drug-likeness (QED) is 0.493. The molecule has 0 bridgehead atoms. The number of carbonyl (C=O) groups excluding carboxylic acids is 2. The van der Waals surface area contributed by atoms with Gasteiger partial charge in [0.2, 0.25) is 11.1 Å². The van der Waals surface area contributed by atoms with Crippen molar-refractivity contribution in [2.24, 2.45) is 0 Å². The third kappa shape index (κ3) is 5.28. The van der Waals surface area contributed by atoms with Crippen molar-refractivity contribution in [2.75, 3.05) is 13.7 Å². The Morgan fingerprint density at radius 3 is 2.42 bits per heavy atom. The molecule has 0 radical (unpaired) electrons. The van der Waals surface area contributed by atoms with Gasteiger partial charge in [0.05, 0.1) is 12.8 Å². The van der Waals surface area contributed by atoms with Crippen LogP contribution >= 0.6 is 0 Å². The molecule has 33 heavy (non-hydrogen) atoms. The largest absolute Gasteiger partial charge is 0.497 e. The predicted octanol–water partition coefficient (Wildman–Crippen LogP) is 2.90. The number of benzene rings is 2. The molecule has 8 nitrogen and oxygen atoms in total. The number of ether oxygens (including phenoxy) is 2. The van der Waals surface area contributed by atoms with Gasteiger partial charge in [-0.15, -0.1) is 0 Å². The number of methoxy groups -OCH3 is 1. The summed E-state index contributed by atoms with van der Waals surface area (Å²) in [5, 5.41) is 4.19. The first-order valence-electron chi connectivity index (χ1n) is 10.7. The van der Waals surface area contributed by atoms with Gasteiger partial charge in [0, 0.05) is 24.3 Å². The summed E-state index contributed by atoms with van der Waals surface area (Å²) in [6, 6.07) is 18.1. The van der Waals surface area contributed by atoms with Crippen LogP contribution in [-0.2, 0) is 16.1 Å². The average Bonchev–Trinajstić information content (AvgIpc) is 3.67. The first-order chi connectivity index (χ1) is 16.0. The number of aryl methyl sites for hydroxylation is 1. The fourth-order valence-electron chi connectivity index (χ4n) is 3.53. The molecule has 1 aliphatic carbocycles. The van der Waals surface area contributed by atoms with E-state index in [1.165, 1.54) is 10.7 Å². The van der Waals surface area contributed by atoms with Crippen molar-refractivity contribution in [1.29, 1.82) is 0 Å². The Labute approximate surface area is 191 Å². The minimum Gasteiger partial charge on any atom is -0.497 e. The molecule has 4 rings (SSSR count). The highest BCUT2D eigenvalue weighted by molar-refractivity contribution is 5.89. The lowest BCUT2D eigenvalue weighted by Gasteiger charge is -2.22. The van der Waals surface area contributed by atoms with Crippen LogP contribution in [0.4, 0.5) is 0 Å². The molecule has 3 aromatic rings. The van der Waals surface area contributed by atoms with E-state index in [1.54, 1.807) is 18.9 Å². The second-order valence-corrected chi connectivity index (χ2v) is 7.92. The average molecular weight is 447 g/mol. The number of para-hydroxylation sites is 1. The minimum atomic E-state index is -0.918. The van der Waals surface area contributed by atoms with E-state index in [4.69, 9.17) is 9.47 Å². The highest BCUT2D eigenvalue weighted by Crippen LogP contribution is 2.29. The van der Waals surface area contributed by atoms with E-state index in [9.17, 15) is 14.4 Å². The molecule has 1 saturated carbocycles. The third-order valence-corrected chi connectivity index (χ3v) is 5.45. The van der Waals surface area contributed by atoms with Gasteiger partial charge in [-0.3, -0.25) is 9.59 Å². The molecular formula is C25H25N3O5. The van der Waals surface area contributed by atoms with Crippen LogP contribution in [0.3, 0.4) is 0 Å². The van der Waals surface area contributed by atoms with Crippen molar-refractivity contribution in [3.63, 3.8) is 0 Å². The van der Waals surface area contributed by atoms with Gasteiger partial charge in [-0.1, -0.05) is 30.3 Å². The van der Waals surface area contributed by atoms with Gasteiger partial charge in [-0.05, 0) is 49.6 Å². The van der Waals surface area contributed by atoms with Crippen LogP contribution in [0.1, 0.15) is 34.6 Å². The molecule has 0 saturated heterocycles. The molecule has 0 aliphatic heterocycles. The maximum atomic E-state index is 12.8. The van der Waals surface area contributed by atoms with E-state index >= 15 is 0 Å². The molecule has 1 amide bonds. The molecule has 1 heterocycles. The molecule has 170 valence electrons. The van der Waals surface area contributed by atoms with Crippen LogP contribution in [-0.4, -0.2) is 46.3 Å². The summed E-state index contributed by atoms with van der Waals surface area (Å²) in [6.45, 7) is 1.69. The molecule has 0 N–H and O–H groups in total. The number of rotatable bonds is 8. The topological polar surface area (TPSA) is 90.7 Å².